The smallest absolute Gasteiger partial charge is 0.248 e. The Bertz CT molecular complexity index is 879. The molecule has 0 atom stereocenters. The van der Waals surface area contributed by atoms with Crippen LogP contribution < -0.4 is 9.47 Å². The lowest BCUT2D eigenvalue weighted by atomic mass is 9.91. The number of aromatic nitrogens is 1. The van der Waals surface area contributed by atoms with Crippen LogP contribution in [0.2, 0.25) is 0 Å². The van der Waals surface area contributed by atoms with E-state index in [0.29, 0.717) is 42.0 Å². The second kappa shape index (κ2) is 7.90. The number of benzene rings is 1. The Morgan fingerprint density at radius 1 is 1.15 bits per heavy atom. The van der Waals surface area contributed by atoms with Crippen LogP contribution in [0.4, 0.5) is 0 Å². The predicted molar refractivity (Wildman–Crippen MR) is 101 cm³/mol. The summed E-state index contributed by atoms with van der Waals surface area (Å²) < 4.78 is 43.0. The first-order valence-electron chi connectivity index (χ1n) is 9.00. The lowest BCUT2D eigenvalue weighted by Crippen LogP contribution is -2.39. The van der Waals surface area contributed by atoms with Gasteiger partial charge in [-0.15, -0.1) is 0 Å². The average Bonchev–Trinajstić information content (AvgIpc) is 3.01. The zero-order valence-electron chi connectivity index (χ0n) is 16.2. The van der Waals surface area contributed by atoms with E-state index in [9.17, 15) is 8.42 Å². The molecule has 0 N–H and O–H groups in total. The molecule has 1 aliphatic heterocycles. The van der Waals surface area contributed by atoms with Gasteiger partial charge in [0.1, 0.15) is 10.6 Å². The standard InChI is InChI=1S/C19H26N2O5S/c1-13-19(14(2)26-20-13)27(22,23)21-9-7-15(8-10-21)11-16-5-6-17(24-3)18(12-16)25-4/h5-6,12,15H,7-11H2,1-4H3. The second-order valence-corrected chi connectivity index (χ2v) is 8.77. The number of nitrogens with zero attached hydrogens (tertiary/aromatic N) is 2. The van der Waals surface area contributed by atoms with E-state index >= 15 is 0 Å². The molecule has 1 aromatic heterocycles. The fourth-order valence-corrected chi connectivity index (χ4v) is 5.43. The number of sulfonamides is 1. The molecule has 1 fully saturated rings. The number of methoxy groups -OCH3 is 2. The van der Waals surface area contributed by atoms with Crippen molar-refractivity contribution in [2.75, 3.05) is 27.3 Å². The Balaban J connectivity index is 1.66. The molecule has 0 spiro atoms. The van der Waals surface area contributed by atoms with Crippen molar-refractivity contribution in [3.8, 4) is 11.5 Å². The molecule has 148 valence electrons. The fraction of sp³-hybridized carbons (Fsp3) is 0.526. The van der Waals surface area contributed by atoms with Gasteiger partial charge < -0.3 is 14.0 Å². The van der Waals surface area contributed by atoms with Crippen LogP contribution in [0.3, 0.4) is 0 Å². The van der Waals surface area contributed by atoms with Crippen molar-refractivity contribution in [3.05, 3.63) is 35.2 Å². The quantitative estimate of drug-likeness (QED) is 0.749. The van der Waals surface area contributed by atoms with Crippen molar-refractivity contribution >= 4 is 10.0 Å². The maximum Gasteiger partial charge on any atom is 0.248 e. The molecule has 2 heterocycles. The molecule has 1 aliphatic rings. The highest BCUT2D eigenvalue weighted by molar-refractivity contribution is 7.89. The molecule has 1 aromatic carbocycles. The number of hydrogen-bond donors (Lipinski definition) is 0. The first-order valence-corrected chi connectivity index (χ1v) is 10.4. The van der Waals surface area contributed by atoms with E-state index in [2.05, 4.69) is 5.16 Å². The summed E-state index contributed by atoms with van der Waals surface area (Å²) in [6.45, 7) is 4.30. The number of rotatable bonds is 6. The Hall–Kier alpha value is -2.06. The molecule has 0 unspecified atom stereocenters. The molecule has 3 rings (SSSR count). The maximum absolute atomic E-state index is 12.9. The van der Waals surface area contributed by atoms with Crippen molar-refractivity contribution < 1.29 is 22.4 Å². The van der Waals surface area contributed by atoms with E-state index < -0.39 is 10.0 Å². The van der Waals surface area contributed by atoms with Gasteiger partial charge in [-0.05, 0) is 56.7 Å². The first kappa shape index (κ1) is 19.7. The lowest BCUT2D eigenvalue weighted by Gasteiger charge is -2.31. The minimum atomic E-state index is -3.56. The molecule has 7 nitrogen and oxygen atoms in total. The molecular weight excluding hydrogens is 368 g/mol. The van der Waals surface area contributed by atoms with Gasteiger partial charge in [0.25, 0.3) is 0 Å². The summed E-state index contributed by atoms with van der Waals surface area (Å²) in [7, 11) is -0.313. The normalized spacial score (nSPS) is 16.4. The van der Waals surface area contributed by atoms with Crippen LogP contribution in [0.5, 0.6) is 11.5 Å². The molecule has 0 amide bonds. The number of hydrogen-bond acceptors (Lipinski definition) is 6. The van der Waals surface area contributed by atoms with E-state index in [4.69, 9.17) is 14.0 Å². The monoisotopic (exact) mass is 394 g/mol. The Labute approximate surface area is 160 Å². The van der Waals surface area contributed by atoms with E-state index in [1.807, 2.05) is 18.2 Å². The van der Waals surface area contributed by atoms with Crippen molar-refractivity contribution in [2.24, 2.45) is 5.92 Å². The minimum Gasteiger partial charge on any atom is -0.493 e. The predicted octanol–water partition coefficient (Wildman–Crippen LogP) is 2.95. The van der Waals surface area contributed by atoms with Crippen molar-refractivity contribution in [3.63, 3.8) is 0 Å². The minimum absolute atomic E-state index is 0.209. The summed E-state index contributed by atoms with van der Waals surface area (Å²) in [6.07, 6.45) is 2.52. The van der Waals surface area contributed by atoms with Gasteiger partial charge in [-0.25, -0.2) is 8.42 Å². The fourth-order valence-electron chi connectivity index (χ4n) is 3.67. The summed E-state index contributed by atoms with van der Waals surface area (Å²) in [5, 5.41) is 3.78. The van der Waals surface area contributed by atoms with E-state index in [1.165, 1.54) is 5.56 Å². The zero-order valence-corrected chi connectivity index (χ0v) is 17.0. The van der Waals surface area contributed by atoms with Gasteiger partial charge in [0, 0.05) is 13.1 Å². The van der Waals surface area contributed by atoms with Gasteiger partial charge in [-0.2, -0.15) is 4.31 Å². The summed E-state index contributed by atoms with van der Waals surface area (Å²) in [4.78, 5) is 0.209. The van der Waals surface area contributed by atoms with Crippen molar-refractivity contribution in [1.82, 2.24) is 9.46 Å². The average molecular weight is 394 g/mol. The third-order valence-corrected chi connectivity index (χ3v) is 7.26. The summed E-state index contributed by atoms with van der Waals surface area (Å²) >= 11 is 0. The van der Waals surface area contributed by atoms with Crippen LogP contribution in [-0.4, -0.2) is 45.2 Å². The lowest BCUT2D eigenvalue weighted by molar-refractivity contribution is 0.272. The molecule has 0 aliphatic carbocycles. The van der Waals surface area contributed by atoms with E-state index in [-0.39, 0.29) is 4.90 Å². The van der Waals surface area contributed by atoms with Gasteiger partial charge in [0.15, 0.2) is 17.3 Å². The van der Waals surface area contributed by atoms with Crippen molar-refractivity contribution in [1.29, 1.82) is 0 Å². The van der Waals surface area contributed by atoms with Crippen molar-refractivity contribution in [2.45, 2.75) is 38.0 Å². The van der Waals surface area contributed by atoms with Gasteiger partial charge in [0.2, 0.25) is 10.0 Å². The first-order chi connectivity index (χ1) is 12.9. The van der Waals surface area contributed by atoms with Gasteiger partial charge >= 0.3 is 0 Å². The Morgan fingerprint density at radius 2 is 1.81 bits per heavy atom. The Morgan fingerprint density at radius 3 is 2.37 bits per heavy atom. The highest BCUT2D eigenvalue weighted by atomic mass is 32.2. The third kappa shape index (κ3) is 3.96. The van der Waals surface area contributed by atoms with E-state index in [0.717, 1.165) is 19.3 Å². The molecule has 1 saturated heterocycles. The van der Waals surface area contributed by atoms with Crippen LogP contribution in [0.1, 0.15) is 29.9 Å². The molecule has 8 heteroatoms. The molecule has 27 heavy (non-hydrogen) atoms. The third-order valence-electron chi connectivity index (χ3n) is 5.11. The highest BCUT2D eigenvalue weighted by Crippen LogP contribution is 2.32. The number of piperidine rings is 1. The van der Waals surface area contributed by atoms with Gasteiger partial charge in [-0.1, -0.05) is 11.2 Å². The largest absolute Gasteiger partial charge is 0.493 e. The zero-order chi connectivity index (χ0) is 19.6. The van der Waals surface area contributed by atoms with Crippen LogP contribution in [-0.2, 0) is 16.4 Å². The molecule has 0 bridgehead atoms. The van der Waals surface area contributed by atoms with Gasteiger partial charge in [0.05, 0.1) is 14.2 Å². The maximum atomic E-state index is 12.9. The highest BCUT2D eigenvalue weighted by Gasteiger charge is 2.33. The van der Waals surface area contributed by atoms with E-state index in [1.54, 1.807) is 32.4 Å². The number of aryl methyl sites for hydroxylation is 2. The molecule has 0 saturated carbocycles. The van der Waals surface area contributed by atoms with Crippen LogP contribution in [0, 0.1) is 19.8 Å². The molecule has 0 radical (unpaired) electrons. The molecular formula is C19H26N2O5S. The summed E-state index contributed by atoms with van der Waals surface area (Å²) in [6, 6.07) is 5.94. The van der Waals surface area contributed by atoms with Crippen LogP contribution in [0.15, 0.2) is 27.6 Å². The second-order valence-electron chi connectivity index (χ2n) is 6.89. The summed E-state index contributed by atoms with van der Waals surface area (Å²) in [5.74, 6) is 2.20. The summed E-state index contributed by atoms with van der Waals surface area (Å²) in [5.41, 5.74) is 1.58. The Kier molecular flexibility index (Phi) is 5.76. The topological polar surface area (TPSA) is 81.9 Å². The SMILES string of the molecule is COc1ccc(CC2CCN(S(=O)(=O)c3c(C)noc3C)CC2)cc1OC. The van der Waals surface area contributed by atoms with Crippen LogP contribution in [0.25, 0.3) is 0 Å². The molecule has 2 aromatic rings. The van der Waals surface area contributed by atoms with Gasteiger partial charge in [-0.3, -0.25) is 0 Å². The van der Waals surface area contributed by atoms with Crippen LogP contribution >= 0.6 is 0 Å². The number of ether oxygens (including phenoxy) is 2.